The van der Waals surface area contributed by atoms with E-state index in [1.54, 1.807) is 12.1 Å². The zero-order valence-electron chi connectivity index (χ0n) is 12.9. The third-order valence-electron chi connectivity index (χ3n) is 2.45. The number of phenols is 4. The topological polar surface area (TPSA) is 80.9 Å². The van der Waals surface area contributed by atoms with Gasteiger partial charge in [0, 0.05) is 18.2 Å². The summed E-state index contributed by atoms with van der Waals surface area (Å²) in [5, 5.41) is 35.0. The Morgan fingerprint density at radius 2 is 0.952 bits per heavy atom. The van der Waals surface area contributed by atoms with Crippen molar-refractivity contribution in [1.29, 1.82) is 0 Å². The molecule has 4 heteroatoms. The second-order valence-corrected chi connectivity index (χ2v) is 4.45. The van der Waals surface area contributed by atoms with Crippen LogP contribution in [0.2, 0.25) is 0 Å². The minimum absolute atomic E-state index is 0.146. The van der Waals surface area contributed by atoms with Gasteiger partial charge in [-0.15, -0.1) is 0 Å². The smallest absolute Gasteiger partial charge is 0.122 e. The summed E-state index contributed by atoms with van der Waals surface area (Å²) in [6, 6.07) is 10.7. The van der Waals surface area contributed by atoms with E-state index in [4.69, 9.17) is 20.4 Å². The lowest BCUT2D eigenvalue weighted by molar-refractivity contribution is 0.428. The van der Waals surface area contributed by atoms with Gasteiger partial charge in [-0.3, -0.25) is 0 Å². The highest BCUT2D eigenvalue weighted by Crippen LogP contribution is 2.23. The van der Waals surface area contributed by atoms with Gasteiger partial charge in [0.25, 0.3) is 0 Å². The number of rotatable bonds is 1. The molecule has 0 aliphatic rings. The number of hydrogen-bond acceptors (Lipinski definition) is 4. The van der Waals surface area contributed by atoms with Gasteiger partial charge in [0.2, 0.25) is 0 Å². The van der Waals surface area contributed by atoms with Crippen LogP contribution in [-0.2, 0) is 0 Å². The van der Waals surface area contributed by atoms with Crippen LogP contribution in [0.4, 0.5) is 0 Å². The summed E-state index contributed by atoms with van der Waals surface area (Å²) in [6.45, 7) is 8.26. The molecule has 0 radical (unpaired) electrons. The van der Waals surface area contributed by atoms with E-state index in [2.05, 4.69) is 13.8 Å². The Morgan fingerprint density at radius 3 is 1.24 bits per heavy atom. The summed E-state index contributed by atoms with van der Waals surface area (Å²) >= 11 is 0. The third kappa shape index (κ3) is 7.72. The van der Waals surface area contributed by atoms with E-state index < -0.39 is 0 Å². The molecular weight excluding hydrogens is 268 g/mol. The molecule has 4 N–H and O–H groups in total. The van der Waals surface area contributed by atoms with E-state index in [-0.39, 0.29) is 17.2 Å². The Hall–Kier alpha value is -2.36. The van der Waals surface area contributed by atoms with Crippen molar-refractivity contribution in [2.24, 2.45) is 0 Å². The first-order chi connectivity index (χ1) is 9.88. The predicted octanol–water partition coefficient (Wildman–Crippen LogP) is 4.35. The maximum absolute atomic E-state index is 8.94. The minimum Gasteiger partial charge on any atom is -0.508 e. The van der Waals surface area contributed by atoms with Gasteiger partial charge in [-0.25, -0.2) is 0 Å². The van der Waals surface area contributed by atoms with Crippen molar-refractivity contribution in [3.63, 3.8) is 0 Å². The Kier molecular flexibility index (Phi) is 8.46. The van der Waals surface area contributed by atoms with Crippen molar-refractivity contribution in [1.82, 2.24) is 0 Å². The zero-order valence-corrected chi connectivity index (χ0v) is 12.9. The molecule has 0 bridgehead atoms. The summed E-state index contributed by atoms with van der Waals surface area (Å²) < 4.78 is 0. The molecular formula is C17H24O4. The molecule has 21 heavy (non-hydrogen) atoms. The molecule has 4 nitrogen and oxygen atoms in total. The molecule has 116 valence electrons. The van der Waals surface area contributed by atoms with Crippen molar-refractivity contribution in [2.45, 2.75) is 33.6 Å². The second kappa shape index (κ2) is 9.53. The fraction of sp³-hybridized carbons (Fsp3) is 0.294. The molecule has 0 spiro atoms. The van der Waals surface area contributed by atoms with E-state index in [1.165, 1.54) is 5.56 Å². The minimum atomic E-state index is -0.146. The Labute approximate surface area is 126 Å². The molecule has 2 aromatic rings. The number of hydrogen-bond donors (Lipinski definition) is 4. The van der Waals surface area contributed by atoms with Crippen LogP contribution in [0, 0.1) is 0 Å². The fourth-order valence-corrected chi connectivity index (χ4v) is 1.44. The summed E-state index contributed by atoms with van der Waals surface area (Å²) in [5.41, 5.74) is 1.26. The fourth-order valence-electron chi connectivity index (χ4n) is 1.44. The van der Waals surface area contributed by atoms with Gasteiger partial charge in [0.15, 0.2) is 0 Å². The Balaban J connectivity index is 0.000000342. The van der Waals surface area contributed by atoms with Crippen LogP contribution in [0.1, 0.15) is 39.2 Å². The molecule has 2 rings (SSSR count). The number of phenolic OH excluding ortho intramolecular Hbond substituents is 4. The van der Waals surface area contributed by atoms with Gasteiger partial charge in [-0.2, -0.15) is 0 Å². The summed E-state index contributed by atoms with van der Waals surface area (Å²) in [4.78, 5) is 0. The van der Waals surface area contributed by atoms with Crippen molar-refractivity contribution in [3.05, 3.63) is 48.0 Å². The largest absolute Gasteiger partial charge is 0.508 e. The van der Waals surface area contributed by atoms with E-state index in [1.807, 2.05) is 26.0 Å². The van der Waals surface area contributed by atoms with Crippen molar-refractivity contribution >= 4 is 0 Å². The molecule has 2 aromatic carbocycles. The van der Waals surface area contributed by atoms with E-state index >= 15 is 0 Å². The molecule has 0 saturated carbocycles. The van der Waals surface area contributed by atoms with Crippen molar-refractivity contribution in [2.75, 3.05) is 0 Å². The molecule has 0 unspecified atom stereocenters. The maximum Gasteiger partial charge on any atom is 0.122 e. The Bertz CT molecular complexity index is 468. The van der Waals surface area contributed by atoms with Crippen LogP contribution in [0.3, 0.4) is 0 Å². The van der Waals surface area contributed by atoms with Gasteiger partial charge in [0.05, 0.1) is 0 Å². The highest BCUT2D eigenvalue weighted by Gasteiger charge is 1.96. The second-order valence-electron chi connectivity index (χ2n) is 4.45. The molecule has 0 heterocycles. The van der Waals surface area contributed by atoms with Crippen LogP contribution in [0.15, 0.2) is 42.5 Å². The van der Waals surface area contributed by atoms with Crippen LogP contribution in [0.25, 0.3) is 0 Å². The molecule has 0 aliphatic heterocycles. The quantitative estimate of drug-likeness (QED) is 0.630. The van der Waals surface area contributed by atoms with Crippen molar-refractivity contribution in [3.8, 4) is 23.0 Å². The number of aromatic hydroxyl groups is 4. The van der Waals surface area contributed by atoms with Crippen molar-refractivity contribution < 1.29 is 20.4 Å². The standard InChI is InChI=1S/C9H12O.C6H6O3.C2H6/c1-7(2)8-3-5-9(10)6-4-8;7-4-1-5(8)3-6(9)2-4;1-2/h3-7,10H,1-2H3;1-3,7-9H;1-2H3. The molecule has 0 aromatic heterocycles. The monoisotopic (exact) mass is 292 g/mol. The normalized spacial score (nSPS) is 9.19. The van der Waals surface area contributed by atoms with Gasteiger partial charge in [0.1, 0.15) is 23.0 Å². The van der Waals surface area contributed by atoms with E-state index in [0.717, 1.165) is 18.2 Å². The lowest BCUT2D eigenvalue weighted by Crippen LogP contribution is -1.84. The summed E-state index contributed by atoms with van der Waals surface area (Å²) in [6.07, 6.45) is 0. The van der Waals surface area contributed by atoms with Crippen LogP contribution < -0.4 is 0 Å². The SMILES string of the molecule is CC.CC(C)c1ccc(O)cc1.Oc1cc(O)cc(O)c1. The summed E-state index contributed by atoms with van der Waals surface area (Å²) in [5.74, 6) is 0.442. The van der Waals surface area contributed by atoms with E-state index in [9.17, 15) is 0 Å². The first kappa shape index (κ1) is 18.6. The highest BCUT2D eigenvalue weighted by molar-refractivity contribution is 5.39. The molecule has 0 amide bonds. The molecule has 0 fully saturated rings. The molecule has 0 atom stereocenters. The first-order valence-electron chi connectivity index (χ1n) is 6.89. The lowest BCUT2D eigenvalue weighted by Gasteiger charge is -2.03. The van der Waals surface area contributed by atoms with Crippen LogP contribution in [0.5, 0.6) is 23.0 Å². The van der Waals surface area contributed by atoms with Gasteiger partial charge < -0.3 is 20.4 Å². The average molecular weight is 292 g/mol. The lowest BCUT2D eigenvalue weighted by atomic mass is 10.0. The third-order valence-corrected chi connectivity index (χ3v) is 2.45. The Morgan fingerprint density at radius 1 is 0.619 bits per heavy atom. The van der Waals surface area contributed by atoms with Gasteiger partial charge >= 0.3 is 0 Å². The van der Waals surface area contributed by atoms with Gasteiger partial charge in [-0.1, -0.05) is 39.8 Å². The predicted molar refractivity (Wildman–Crippen MR) is 85.0 cm³/mol. The molecule has 0 saturated heterocycles. The van der Waals surface area contributed by atoms with Crippen LogP contribution in [-0.4, -0.2) is 20.4 Å². The average Bonchev–Trinajstić information content (AvgIpc) is 2.40. The van der Waals surface area contributed by atoms with E-state index in [0.29, 0.717) is 11.7 Å². The summed E-state index contributed by atoms with van der Waals surface area (Å²) in [7, 11) is 0. The zero-order chi connectivity index (χ0) is 16.4. The number of benzene rings is 2. The highest BCUT2D eigenvalue weighted by atomic mass is 16.3. The molecule has 0 aliphatic carbocycles. The van der Waals surface area contributed by atoms with Gasteiger partial charge in [-0.05, 0) is 23.6 Å². The maximum atomic E-state index is 8.94. The first-order valence-corrected chi connectivity index (χ1v) is 6.89. The van der Waals surface area contributed by atoms with Crippen LogP contribution >= 0.6 is 0 Å².